The molecule has 1 saturated heterocycles. The van der Waals surface area contributed by atoms with Gasteiger partial charge in [-0.15, -0.1) is 0 Å². The van der Waals surface area contributed by atoms with Crippen molar-refractivity contribution in [3.63, 3.8) is 0 Å². The van der Waals surface area contributed by atoms with Gasteiger partial charge in [0.15, 0.2) is 5.58 Å². The molecule has 0 unspecified atom stereocenters. The zero-order valence-electron chi connectivity index (χ0n) is 19.5. The van der Waals surface area contributed by atoms with Crippen LogP contribution in [0.5, 0.6) is 0 Å². The van der Waals surface area contributed by atoms with E-state index in [0.717, 1.165) is 41.8 Å². The predicted molar refractivity (Wildman–Crippen MR) is 133 cm³/mol. The Balaban J connectivity index is 1.21. The van der Waals surface area contributed by atoms with Gasteiger partial charge in [0, 0.05) is 31.6 Å². The molecule has 4 nitrogen and oxygen atoms in total. The number of hydrogen-bond acceptors (Lipinski definition) is 4. The van der Waals surface area contributed by atoms with Crippen molar-refractivity contribution in [3.8, 4) is 0 Å². The molecule has 1 aromatic heterocycles. The number of aryl methyl sites for hydroxylation is 1. The second-order valence-electron chi connectivity index (χ2n) is 9.84. The molecule has 32 heavy (non-hydrogen) atoms. The summed E-state index contributed by atoms with van der Waals surface area (Å²) in [6.45, 7) is 3.47. The zero-order chi connectivity index (χ0) is 21.9. The summed E-state index contributed by atoms with van der Waals surface area (Å²) in [5.41, 5.74) is 5.84. The quantitative estimate of drug-likeness (QED) is 0.429. The van der Waals surface area contributed by atoms with Crippen LogP contribution < -0.4 is 4.90 Å². The summed E-state index contributed by atoms with van der Waals surface area (Å²) in [6.07, 6.45) is 12.0. The number of anilines is 1. The molecule has 0 bridgehead atoms. The van der Waals surface area contributed by atoms with E-state index in [1.54, 1.807) is 0 Å². The number of fused-ring (bicyclic) bond motifs is 1. The van der Waals surface area contributed by atoms with Crippen LogP contribution in [0.15, 0.2) is 53.1 Å². The van der Waals surface area contributed by atoms with Crippen molar-refractivity contribution >= 4 is 22.7 Å². The number of rotatable bonds is 8. The largest absolute Gasteiger partial charge is 0.374 e. The molecule has 5 rings (SSSR count). The lowest BCUT2D eigenvalue weighted by Gasteiger charge is -2.32. The summed E-state index contributed by atoms with van der Waals surface area (Å²) in [4.78, 5) is 4.75. The monoisotopic (exact) mass is 429 g/mol. The Kier molecular flexibility index (Phi) is 6.31. The molecule has 0 radical (unpaired) electrons. The van der Waals surface area contributed by atoms with Crippen molar-refractivity contribution in [1.82, 2.24) is 10.1 Å². The Morgan fingerprint density at radius 1 is 1.03 bits per heavy atom. The third-order valence-corrected chi connectivity index (χ3v) is 7.08. The topological polar surface area (TPSA) is 32.5 Å². The minimum absolute atomic E-state index is 0.769. The number of aromatic nitrogens is 1. The van der Waals surface area contributed by atoms with Crippen LogP contribution in [-0.4, -0.2) is 37.2 Å². The Morgan fingerprint density at radius 3 is 2.53 bits per heavy atom. The van der Waals surface area contributed by atoms with E-state index in [0.29, 0.717) is 0 Å². The Labute approximate surface area is 191 Å². The first kappa shape index (κ1) is 21.3. The fourth-order valence-electron chi connectivity index (χ4n) is 4.98. The molecule has 0 spiro atoms. The van der Waals surface area contributed by atoms with Gasteiger partial charge in [-0.25, -0.2) is 0 Å². The highest BCUT2D eigenvalue weighted by atomic mass is 16.5. The van der Waals surface area contributed by atoms with Crippen molar-refractivity contribution in [3.05, 3.63) is 65.4 Å². The smallest absolute Gasteiger partial charge is 0.190 e. The molecule has 0 atom stereocenters. The SMILES string of the molecule is CN(C)c1c(/C=C/C2CC2)ccc2c(CCC3CCN(Cc4ccccc4)CC3)noc12. The standard InChI is InChI=1S/C28H35N3O/c1-30(2)27-24(12-10-21-8-9-21)13-14-25-26(29-32-28(25)27)15-11-22-16-18-31(19-17-22)20-23-6-4-3-5-7-23/h3-7,10,12-14,21-22H,8-9,11,15-20H2,1-2H3/b12-10+. The average Bonchev–Trinajstić information content (AvgIpc) is 3.55. The van der Waals surface area contributed by atoms with Gasteiger partial charge in [0.2, 0.25) is 0 Å². The lowest BCUT2D eigenvalue weighted by atomic mass is 9.91. The van der Waals surface area contributed by atoms with Crippen molar-refractivity contribution in [2.45, 2.75) is 45.1 Å². The molecule has 0 N–H and O–H groups in total. The number of hydrogen-bond donors (Lipinski definition) is 0. The Hall–Kier alpha value is -2.59. The second kappa shape index (κ2) is 9.50. The van der Waals surface area contributed by atoms with Crippen molar-refractivity contribution in [2.24, 2.45) is 11.8 Å². The third kappa shape index (κ3) is 4.91. The Morgan fingerprint density at radius 2 is 1.81 bits per heavy atom. The first-order valence-electron chi connectivity index (χ1n) is 12.2. The highest BCUT2D eigenvalue weighted by Crippen LogP contribution is 2.36. The summed E-state index contributed by atoms with van der Waals surface area (Å²) in [5.74, 6) is 1.55. The molecule has 2 fully saturated rings. The molecular weight excluding hydrogens is 394 g/mol. The minimum Gasteiger partial charge on any atom is -0.374 e. The molecule has 2 aromatic carbocycles. The van der Waals surface area contributed by atoms with Crippen LogP contribution in [0.25, 0.3) is 17.0 Å². The van der Waals surface area contributed by atoms with Crippen molar-refractivity contribution < 1.29 is 4.52 Å². The van der Waals surface area contributed by atoms with E-state index in [9.17, 15) is 0 Å². The fraction of sp³-hybridized carbons (Fsp3) is 0.464. The van der Waals surface area contributed by atoms with Crippen LogP contribution in [0.2, 0.25) is 0 Å². The second-order valence-corrected chi connectivity index (χ2v) is 9.84. The van der Waals surface area contributed by atoms with Gasteiger partial charge >= 0.3 is 0 Å². The highest BCUT2D eigenvalue weighted by Gasteiger charge is 2.22. The van der Waals surface area contributed by atoms with Crippen molar-refractivity contribution in [1.29, 1.82) is 0 Å². The summed E-state index contributed by atoms with van der Waals surface area (Å²) in [6, 6.07) is 15.3. The number of benzene rings is 2. The van der Waals surface area contributed by atoms with Gasteiger partial charge in [-0.3, -0.25) is 4.90 Å². The summed E-state index contributed by atoms with van der Waals surface area (Å²) >= 11 is 0. The summed E-state index contributed by atoms with van der Waals surface area (Å²) in [5, 5.41) is 5.69. The van der Waals surface area contributed by atoms with Gasteiger partial charge in [0.1, 0.15) is 0 Å². The first-order chi connectivity index (χ1) is 15.7. The molecule has 1 saturated carbocycles. The molecule has 4 heteroatoms. The lowest BCUT2D eigenvalue weighted by molar-refractivity contribution is 0.172. The van der Waals surface area contributed by atoms with E-state index >= 15 is 0 Å². The molecule has 2 aliphatic rings. The van der Waals surface area contributed by atoms with Gasteiger partial charge in [0.05, 0.1) is 11.4 Å². The van der Waals surface area contributed by atoms with Crippen LogP contribution in [0.4, 0.5) is 5.69 Å². The summed E-state index contributed by atoms with van der Waals surface area (Å²) < 4.78 is 5.89. The van der Waals surface area contributed by atoms with E-state index in [1.165, 1.54) is 61.7 Å². The first-order valence-corrected chi connectivity index (χ1v) is 12.2. The number of likely N-dealkylation sites (tertiary alicyclic amines) is 1. The van der Waals surface area contributed by atoms with Gasteiger partial charge in [0.25, 0.3) is 0 Å². The van der Waals surface area contributed by atoms with Gasteiger partial charge in [-0.2, -0.15) is 0 Å². The van der Waals surface area contributed by atoms with E-state index in [4.69, 9.17) is 4.52 Å². The van der Waals surface area contributed by atoms with Gasteiger partial charge in [-0.1, -0.05) is 53.7 Å². The normalized spacial score (nSPS) is 18.1. The summed E-state index contributed by atoms with van der Waals surface area (Å²) in [7, 11) is 4.18. The molecule has 168 valence electrons. The van der Waals surface area contributed by atoms with E-state index < -0.39 is 0 Å². The average molecular weight is 430 g/mol. The minimum atomic E-state index is 0.769. The maximum absolute atomic E-state index is 5.89. The number of nitrogens with zero attached hydrogens (tertiary/aromatic N) is 3. The lowest BCUT2D eigenvalue weighted by Crippen LogP contribution is -2.33. The maximum Gasteiger partial charge on any atom is 0.190 e. The zero-order valence-corrected chi connectivity index (χ0v) is 19.5. The maximum atomic E-state index is 5.89. The molecular formula is C28H35N3O. The highest BCUT2D eigenvalue weighted by molar-refractivity contribution is 5.95. The van der Waals surface area contributed by atoms with E-state index in [1.807, 2.05) is 0 Å². The van der Waals surface area contributed by atoms with Gasteiger partial charge < -0.3 is 9.42 Å². The molecule has 2 heterocycles. The Bertz CT molecular complexity index is 1060. The number of piperidine rings is 1. The van der Waals surface area contributed by atoms with Crippen molar-refractivity contribution in [2.75, 3.05) is 32.1 Å². The molecule has 1 aliphatic heterocycles. The van der Waals surface area contributed by atoms with Crippen LogP contribution in [-0.2, 0) is 13.0 Å². The predicted octanol–water partition coefficient (Wildman–Crippen LogP) is 6.16. The molecule has 1 aliphatic carbocycles. The van der Waals surface area contributed by atoms with Gasteiger partial charge in [-0.05, 0) is 75.1 Å². The van der Waals surface area contributed by atoms with Crippen LogP contribution in [0.1, 0.15) is 48.9 Å². The number of allylic oxidation sites excluding steroid dienone is 1. The molecule has 3 aromatic rings. The van der Waals surface area contributed by atoms with Crippen LogP contribution in [0, 0.1) is 11.8 Å². The van der Waals surface area contributed by atoms with E-state index in [2.05, 4.69) is 83.7 Å². The van der Waals surface area contributed by atoms with Crippen LogP contribution in [0.3, 0.4) is 0 Å². The fourth-order valence-corrected chi connectivity index (χ4v) is 4.98. The van der Waals surface area contributed by atoms with E-state index in [-0.39, 0.29) is 0 Å². The molecule has 0 amide bonds. The third-order valence-electron chi connectivity index (χ3n) is 7.08. The van der Waals surface area contributed by atoms with Crippen LogP contribution >= 0.6 is 0 Å².